The molecule has 0 atom stereocenters. The van der Waals surface area contributed by atoms with E-state index in [9.17, 15) is 4.79 Å². The number of hydrogen-bond donors (Lipinski definition) is 0. The van der Waals surface area contributed by atoms with E-state index in [0.29, 0.717) is 12.5 Å². The number of carbonyl (C=O) groups excluding carboxylic acids is 1. The highest BCUT2D eigenvalue weighted by Crippen LogP contribution is 2.38. The zero-order chi connectivity index (χ0) is 15.7. The average Bonchev–Trinajstić information content (AvgIpc) is 3.23. The third kappa shape index (κ3) is 3.66. The van der Waals surface area contributed by atoms with E-state index in [0.717, 1.165) is 44.3 Å². The molecule has 6 nitrogen and oxygen atoms in total. The second-order valence-electron chi connectivity index (χ2n) is 7.50. The van der Waals surface area contributed by atoms with E-state index in [-0.39, 0.29) is 11.3 Å². The molecule has 2 heterocycles. The Hall–Kier alpha value is -1.43. The van der Waals surface area contributed by atoms with Gasteiger partial charge in [-0.2, -0.15) is 4.98 Å². The van der Waals surface area contributed by atoms with Crippen molar-refractivity contribution in [2.75, 3.05) is 26.2 Å². The van der Waals surface area contributed by atoms with E-state index < -0.39 is 0 Å². The summed E-state index contributed by atoms with van der Waals surface area (Å²) >= 11 is 0. The van der Waals surface area contributed by atoms with E-state index in [1.165, 1.54) is 12.8 Å². The maximum absolute atomic E-state index is 12.4. The summed E-state index contributed by atoms with van der Waals surface area (Å²) in [5.74, 6) is 2.32. The fraction of sp³-hybridized carbons (Fsp3) is 0.812. The molecule has 0 bridgehead atoms. The smallest absolute Gasteiger partial charge is 0.229 e. The number of aromatic nitrogens is 2. The van der Waals surface area contributed by atoms with Crippen molar-refractivity contribution in [3.05, 3.63) is 11.7 Å². The summed E-state index contributed by atoms with van der Waals surface area (Å²) in [5, 5.41) is 4.09. The predicted molar refractivity (Wildman–Crippen MR) is 82.2 cm³/mol. The van der Waals surface area contributed by atoms with Crippen LogP contribution in [0.5, 0.6) is 0 Å². The Morgan fingerprint density at radius 1 is 1.23 bits per heavy atom. The van der Waals surface area contributed by atoms with Gasteiger partial charge in [0.2, 0.25) is 11.8 Å². The summed E-state index contributed by atoms with van der Waals surface area (Å²) in [6.07, 6.45) is 3.35. The molecule has 0 N–H and O–H groups in total. The van der Waals surface area contributed by atoms with Gasteiger partial charge >= 0.3 is 0 Å². The van der Waals surface area contributed by atoms with Crippen molar-refractivity contribution < 1.29 is 9.32 Å². The van der Waals surface area contributed by atoms with Crippen molar-refractivity contribution in [2.24, 2.45) is 5.41 Å². The first kappa shape index (κ1) is 15.5. The maximum atomic E-state index is 12.4. The molecule has 2 aliphatic rings. The Balaban J connectivity index is 1.54. The molecule has 1 amide bonds. The van der Waals surface area contributed by atoms with Gasteiger partial charge in [-0.05, 0) is 19.3 Å². The van der Waals surface area contributed by atoms with Crippen molar-refractivity contribution in [2.45, 2.75) is 52.5 Å². The molecule has 0 aromatic carbocycles. The van der Waals surface area contributed by atoms with Crippen LogP contribution in [0.2, 0.25) is 0 Å². The normalized spacial score (nSPS) is 21.0. The van der Waals surface area contributed by atoms with E-state index in [2.05, 4.69) is 15.0 Å². The Labute approximate surface area is 131 Å². The quantitative estimate of drug-likeness (QED) is 0.855. The standard InChI is InChI=1S/C16H26N4O2/c1-16(2,3)15(21)20-8-4-7-19(9-10-20)11-13-17-14(22-18-13)12-5-6-12/h12H,4-11H2,1-3H3. The van der Waals surface area contributed by atoms with Crippen LogP contribution < -0.4 is 0 Å². The molecular weight excluding hydrogens is 280 g/mol. The molecule has 1 saturated carbocycles. The Morgan fingerprint density at radius 3 is 2.68 bits per heavy atom. The van der Waals surface area contributed by atoms with Gasteiger partial charge in [-0.15, -0.1) is 0 Å². The molecule has 0 spiro atoms. The van der Waals surface area contributed by atoms with Crippen molar-refractivity contribution in [3.63, 3.8) is 0 Å². The second-order valence-corrected chi connectivity index (χ2v) is 7.50. The largest absolute Gasteiger partial charge is 0.341 e. The van der Waals surface area contributed by atoms with Crippen LogP contribution in [0.25, 0.3) is 0 Å². The number of carbonyl (C=O) groups is 1. The van der Waals surface area contributed by atoms with Gasteiger partial charge in [0.15, 0.2) is 5.82 Å². The lowest BCUT2D eigenvalue weighted by atomic mass is 9.94. The number of hydrogen-bond acceptors (Lipinski definition) is 5. The zero-order valence-corrected chi connectivity index (χ0v) is 13.8. The molecule has 0 unspecified atom stereocenters. The number of nitrogens with zero attached hydrogens (tertiary/aromatic N) is 4. The summed E-state index contributed by atoms with van der Waals surface area (Å²) in [6, 6.07) is 0. The average molecular weight is 306 g/mol. The van der Waals surface area contributed by atoms with Gasteiger partial charge < -0.3 is 9.42 Å². The molecule has 22 heavy (non-hydrogen) atoms. The van der Waals surface area contributed by atoms with Gasteiger partial charge in [-0.25, -0.2) is 0 Å². The fourth-order valence-electron chi connectivity index (χ4n) is 2.83. The highest BCUT2D eigenvalue weighted by atomic mass is 16.5. The molecule has 6 heteroatoms. The lowest BCUT2D eigenvalue weighted by Gasteiger charge is -2.28. The lowest BCUT2D eigenvalue weighted by molar-refractivity contribution is -0.139. The van der Waals surface area contributed by atoms with E-state index in [1.54, 1.807) is 0 Å². The van der Waals surface area contributed by atoms with Crippen molar-refractivity contribution in [1.29, 1.82) is 0 Å². The summed E-state index contributed by atoms with van der Waals surface area (Å²) in [4.78, 5) is 21.2. The SMILES string of the molecule is CC(C)(C)C(=O)N1CCCN(Cc2noc(C3CC3)n2)CC1. The van der Waals surface area contributed by atoms with Crippen molar-refractivity contribution in [3.8, 4) is 0 Å². The molecule has 122 valence electrons. The Bertz CT molecular complexity index is 530. The first-order chi connectivity index (χ1) is 10.4. The molecule has 2 fully saturated rings. The maximum Gasteiger partial charge on any atom is 0.229 e. The minimum absolute atomic E-state index is 0.241. The van der Waals surface area contributed by atoms with E-state index in [4.69, 9.17) is 4.52 Å². The van der Waals surface area contributed by atoms with Crippen LogP contribution in [0, 0.1) is 5.41 Å². The molecule has 1 aliphatic carbocycles. The van der Waals surface area contributed by atoms with Crippen LogP contribution in [0.1, 0.15) is 57.7 Å². The zero-order valence-electron chi connectivity index (χ0n) is 13.8. The lowest BCUT2D eigenvalue weighted by Crippen LogP contribution is -2.41. The molecule has 1 aromatic rings. The van der Waals surface area contributed by atoms with E-state index >= 15 is 0 Å². The minimum atomic E-state index is -0.304. The summed E-state index contributed by atoms with van der Waals surface area (Å²) in [6.45, 7) is 10.1. The van der Waals surface area contributed by atoms with Crippen LogP contribution in [0.4, 0.5) is 0 Å². The van der Waals surface area contributed by atoms with Gasteiger partial charge in [0.1, 0.15) is 0 Å². The highest BCUT2D eigenvalue weighted by molar-refractivity contribution is 5.81. The van der Waals surface area contributed by atoms with Crippen LogP contribution in [-0.4, -0.2) is 52.0 Å². The van der Waals surface area contributed by atoms with Gasteiger partial charge in [0.05, 0.1) is 6.54 Å². The first-order valence-electron chi connectivity index (χ1n) is 8.28. The van der Waals surface area contributed by atoms with Crippen molar-refractivity contribution in [1.82, 2.24) is 19.9 Å². The summed E-state index contributed by atoms with van der Waals surface area (Å²) in [7, 11) is 0. The topological polar surface area (TPSA) is 62.5 Å². The van der Waals surface area contributed by atoms with Crippen LogP contribution in [0.15, 0.2) is 4.52 Å². The first-order valence-corrected chi connectivity index (χ1v) is 8.28. The molecule has 1 aliphatic heterocycles. The van der Waals surface area contributed by atoms with E-state index in [1.807, 2.05) is 25.7 Å². The Morgan fingerprint density at radius 2 is 2.00 bits per heavy atom. The third-order valence-corrected chi connectivity index (χ3v) is 4.29. The van der Waals surface area contributed by atoms with Crippen LogP contribution >= 0.6 is 0 Å². The fourth-order valence-corrected chi connectivity index (χ4v) is 2.83. The van der Waals surface area contributed by atoms with Crippen LogP contribution in [-0.2, 0) is 11.3 Å². The number of rotatable bonds is 3. The third-order valence-electron chi connectivity index (χ3n) is 4.29. The predicted octanol–water partition coefficient (Wildman–Crippen LogP) is 2.03. The van der Waals surface area contributed by atoms with Gasteiger partial charge in [-0.3, -0.25) is 9.69 Å². The highest BCUT2D eigenvalue weighted by Gasteiger charge is 2.31. The molecule has 0 radical (unpaired) electrons. The summed E-state index contributed by atoms with van der Waals surface area (Å²) in [5.41, 5.74) is -0.304. The number of amides is 1. The minimum Gasteiger partial charge on any atom is -0.341 e. The van der Waals surface area contributed by atoms with Crippen LogP contribution in [0.3, 0.4) is 0 Å². The van der Waals surface area contributed by atoms with Gasteiger partial charge in [0.25, 0.3) is 0 Å². The molecule has 3 rings (SSSR count). The van der Waals surface area contributed by atoms with Gasteiger partial charge in [0, 0.05) is 37.5 Å². The molecule has 1 aromatic heterocycles. The van der Waals surface area contributed by atoms with Gasteiger partial charge in [-0.1, -0.05) is 25.9 Å². The molecule has 1 saturated heterocycles. The van der Waals surface area contributed by atoms with Crippen molar-refractivity contribution >= 4 is 5.91 Å². The summed E-state index contributed by atoms with van der Waals surface area (Å²) < 4.78 is 5.31. The second kappa shape index (κ2) is 5.99. The molecular formula is C16H26N4O2. The Kier molecular flexibility index (Phi) is 4.21. The monoisotopic (exact) mass is 306 g/mol.